The molecule has 3 N–H and O–H groups in total. The molecule has 0 radical (unpaired) electrons. The van der Waals surface area contributed by atoms with Gasteiger partial charge in [0.25, 0.3) is 0 Å². The van der Waals surface area contributed by atoms with Crippen LogP contribution in [-0.2, 0) is 21.2 Å². The predicted octanol–water partition coefficient (Wildman–Crippen LogP) is 1.73. The van der Waals surface area contributed by atoms with Gasteiger partial charge in [0.1, 0.15) is 0 Å². The third kappa shape index (κ3) is 3.74. The molecule has 2 aromatic carbocycles. The lowest BCUT2D eigenvalue weighted by molar-refractivity contribution is -0.116. The van der Waals surface area contributed by atoms with E-state index in [0.29, 0.717) is 13.0 Å². The van der Waals surface area contributed by atoms with Gasteiger partial charge in [0.15, 0.2) is 0 Å². The second-order valence-corrected chi connectivity index (χ2v) is 7.30. The Kier molecular flexibility index (Phi) is 4.55. The monoisotopic (exact) mass is 345 g/mol. The van der Waals surface area contributed by atoms with Crippen LogP contribution >= 0.6 is 0 Å². The third-order valence-corrected chi connectivity index (χ3v) is 4.95. The summed E-state index contributed by atoms with van der Waals surface area (Å²) in [5, 5.41) is 8.02. The summed E-state index contributed by atoms with van der Waals surface area (Å²) in [7, 11) is -3.68. The van der Waals surface area contributed by atoms with E-state index in [9.17, 15) is 13.2 Å². The van der Waals surface area contributed by atoms with E-state index in [-0.39, 0.29) is 10.8 Å². The number of benzene rings is 2. The van der Waals surface area contributed by atoms with Crippen LogP contribution in [-0.4, -0.2) is 27.4 Å². The Morgan fingerprint density at radius 1 is 1.17 bits per heavy atom. The van der Waals surface area contributed by atoms with Crippen molar-refractivity contribution in [1.82, 2.24) is 0 Å². The molecule has 1 heterocycles. The fraction of sp³-hybridized carbons (Fsp3) is 0.235. The van der Waals surface area contributed by atoms with Crippen LogP contribution in [0.1, 0.15) is 12.0 Å². The summed E-state index contributed by atoms with van der Waals surface area (Å²) in [5.74, 6) is -0.0455. The fourth-order valence-electron chi connectivity index (χ4n) is 2.84. The van der Waals surface area contributed by atoms with Crippen LogP contribution in [0.2, 0.25) is 0 Å². The lowest BCUT2D eigenvalue weighted by Crippen LogP contribution is -2.26. The van der Waals surface area contributed by atoms with Gasteiger partial charge < -0.3 is 10.2 Å². The average Bonchev–Trinajstić information content (AvgIpc) is 2.95. The quantitative estimate of drug-likeness (QED) is 0.863. The highest BCUT2D eigenvalue weighted by Crippen LogP contribution is 2.29. The number of carbonyl (C=O) groups excluding carboxylic acids is 1. The summed E-state index contributed by atoms with van der Waals surface area (Å²) in [6.07, 6.45) is 1.12. The standard InChI is InChI=1S/C17H19N3O3S/c18-24(22,23)15-6-7-16-13(12-15)8-10-20(16)11-9-17(21)19-14-4-2-1-3-5-14/h1-7,12H,8-11H2,(H,19,21)(H2,18,22,23). The zero-order valence-corrected chi connectivity index (χ0v) is 13.9. The molecule has 0 fully saturated rings. The summed E-state index contributed by atoms with van der Waals surface area (Å²) in [4.78, 5) is 14.3. The number of sulfonamides is 1. The van der Waals surface area contributed by atoms with E-state index in [0.717, 1.165) is 29.9 Å². The molecule has 2 aromatic rings. The van der Waals surface area contributed by atoms with Crippen molar-refractivity contribution in [2.75, 3.05) is 23.3 Å². The van der Waals surface area contributed by atoms with E-state index in [4.69, 9.17) is 5.14 Å². The van der Waals surface area contributed by atoms with Gasteiger partial charge in [-0.3, -0.25) is 4.79 Å². The molecular formula is C17H19N3O3S. The molecule has 1 amide bonds. The summed E-state index contributed by atoms with van der Waals surface area (Å²) >= 11 is 0. The van der Waals surface area contributed by atoms with Crippen molar-refractivity contribution in [2.24, 2.45) is 5.14 Å². The topological polar surface area (TPSA) is 92.5 Å². The van der Waals surface area contributed by atoms with Gasteiger partial charge in [0.05, 0.1) is 4.90 Å². The summed E-state index contributed by atoms with van der Waals surface area (Å²) < 4.78 is 22.8. The van der Waals surface area contributed by atoms with Crippen LogP contribution in [0.4, 0.5) is 11.4 Å². The molecule has 24 heavy (non-hydrogen) atoms. The maximum absolute atomic E-state index is 12.0. The second-order valence-electron chi connectivity index (χ2n) is 5.74. The molecule has 1 aliphatic rings. The minimum Gasteiger partial charge on any atom is -0.370 e. The van der Waals surface area contributed by atoms with E-state index in [1.54, 1.807) is 12.1 Å². The van der Waals surface area contributed by atoms with Crippen LogP contribution in [0.25, 0.3) is 0 Å². The van der Waals surface area contributed by atoms with Crippen LogP contribution in [0, 0.1) is 0 Å². The van der Waals surface area contributed by atoms with Crippen LogP contribution in [0.15, 0.2) is 53.4 Å². The number of hydrogen-bond acceptors (Lipinski definition) is 4. The van der Waals surface area contributed by atoms with Crippen LogP contribution < -0.4 is 15.4 Å². The first-order valence-electron chi connectivity index (χ1n) is 7.69. The highest BCUT2D eigenvalue weighted by atomic mass is 32.2. The van der Waals surface area contributed by atoms with E-state index in [1.165, 1.54) is 6.07 Å². The van der Waals surface area contributed by atoms with E-state index in [1.807, 2.05) is 30.3 Å². The zero-order valence-electron chi connectivity index (χ0n) is 13.1. The van der Waals surface area contributed by atoms with Crippen molar-refractivity contribution in [3.63, 3.8) is 0 Å². The fourth-order valence-corrected chi connectivity index (χ4v) is 3.40. The van der Waals surface area contributed by atoms with Gasteiger partial charge >= 0.3 is 0 Å². The van der Waals surface area contributed by atoms with Crippen LogP contribution in [0.5, 0.6) is 0 Å². The molecule has 0 saturated carbocycles. The molecule has 0 saturated heterocycles. The molecule has 0 bridgehead atoms. The molecular weight excluding hydrogens is 326 g/mol. The minimum absolute atomic E-state index is 0.0455. The van der Waals surface area contributed by atoms with E-state index in [2.05, 4.69) is 10.2 Å². The molecule has 1 aliphatic heterocycles. The van der Waals surface area contributed by atoms with Gasteiger partial charge in [-0.15, -0.1) is 0 Å². The first-order valence-corrected chi connectivity index (χ1v) is 9.24. The SMILES string of the molecule is NS(=O)(=O)c1ccc2c(c1)CCN2CCC(=O)Nc1ccccc1. The minimum atomic E-state index is -3.68. The van der Waals surface area contributed by atoms with Crippen molar-refractivity contribution >= 4 is 27.3 Å². The van der Waals surface area contributed by atoms with Crippen molar-refractivity contribution in [3.8, 4) is 0 Å². The Balaban J connectivity index is 1.62. The lowest BCUT2D eigenvalue weighted by atomic mass is 10.2. The molecule has 0 spiro atoms. The number of nitrogens with two attached hydrogens (primary N) is 1. The summed E-state index contributed by atoms with van der Waals surface area (Å²) in [6, 6.07) is 14.2. The Bertz CT molecular complexity index is 851. The van der Waals surface area contributed by atoms with Gasteiger partial charge in [-0.25, -0.2) is 13.6 Å². The van der Waals surface area contributed by atoms with Crippen molar-refractivity contribution in [3.05, 3.63) is 54.1 Å². The maximum Gasteiger partial charge on any atom is 0.238 e. The number of hydrogen-bond donors (Lipinski definition) is 2. The smallest absolute Gasteiger partial charge is 0.238 e. The van der Waals surface area contributed by atoms with E-state index < -0.39 is 10.0 Å². The molecule has 6 nitrogen and oxygen atoms in total. The number of amides is 1. The first kappa shape index (κ1) is 16.5. The molecule has 0 unspecified atom stereocenters. The van der Waals surface area contributed by atoms with Crippen LogP contribution in [0.3, 0.4) is 0 Å². The molecule has 126 valence electrons. The summed E-state index contributed by atoms with van der Waals surface area (Å²) in [6.45, 7) is 1.35. The predicted molar refractivity (Wildman–Crippen MR) is 93.4 cm³/mol. The molecule has 3 rings (SSSR count). The number of fused-ring (bicyclic) bond motifs is 1. The van der Waals surface area contributed by atoms with Crippen molar-refractivity contribution < 1.29 is 13.2 Å². The van der Waals surface area contributed by atoms with E-state index >= 15 is 0 Å². The number of anilines is 2. The van der Waals surface area contributed by atoms with Gasteiger partial charge in [0.2, 0.25) is 15.9 Å². The number of para-hydroxylation sites is 1. The maximum atomic E-state index is 12.0. The molecule has 0 aromatic heterocycles. The van der Waals surface area contributed by atoms with Crippen molar-refractivity contribution in [1.29, 1.82) is 0 Å². The Labute approximate surface area is 141 Å². The highest BCUT2D eigenvalue weighted by Gasteiger charge is 2.21. The van der Waals surface area contributed by atoms with Gasteiger partial charge in [-0.2, -0.15) is 0 Å². The normalized spacial score (nSPS) is 13.6. The number of nitrogens with zero attached hydrogens (tertiary/aromatic N) is 1. The largest absolute Gasteiger partial charge is 0.370 e. The average molecular weight is 345 g/mol. The molecule has 0 aliphatic carbocycles. The van der Waals surface area contributed by atoms with Gasteiger partial charge in [-0.05, 0) is 42.3 Å². The number of rotatable bonds is 5. The number of carbonyl (C=O) groups is 1. The molecule has 7 heteroatoms. The summed E-state index contributed by atoms with van der Waals surface area (Å²) in [5.41, 5.74) is 2.70. The second kappa shape index (κ2) is 6.62. The highest BCUT2D eigenvalue weighted by molar-refractivity contribution is 7.89. The first-order chi connectivity index (χ1) is 11.4. The Morgan fingerprint density at radius 2 is 1.92 bits per heavy atom. The van der Waals surface area contributed by atoms with Gasteiger partial charge in [0, 0.05) is 30.9 Å². The molecule has 0 atom stereocenters. The van der Waals surface area contributed by atoms with Gasteiger partial charge in [-0.1, -0.05) is 18.2 Å². The van der Waals surface area contributed by atoms with Crippen molar-refractivity contribution in [2.45, 2.75) is 17.7 Å². The number of nitrogens with one attached hydrogen (secondary N) is 1. The Hall–Kier alpha value is -2.38. The zero-order chi connectivity index (χ0) is 17.2. The Morgan fingerprint density at radius 3 is 2.62 bits per heavy atom. The lowest BCUT2D eigenvalue weighted by Gasteiger charge is -2.19. The third-order valence-electron chi connectivity index (χ3n) is 4.04. The number of primary sulfonamides is 1.